The Morgan fingerprint density at radius 3 is 2.97 bits per heavy atom. The highest BCUT2D eigenvalue weighted by molar-refractivity contribution is 5.81. The molecular formula is C22H26FN7O2. The van der Waals surface area contributed by atoms with Crippen LogP contribution in [0.2, 0.25) is 0 Å². The van der Waals surface area contributed by atoms with Crippen molar-refractivity contribution in [2.45, 2.75) is 38.0 Å². The first kappa shape index (κ1) is 20.6. The fraction of sp³-hybridized carbons (Fsp3) is 0.455. The third-order valence-electron chi connectivity index (χ3n) is 6.02. The Bertz CT molecular complexity index is 1150. The smallest absolute Gasteiger partial charge is 0.246 e. The van der Waals surface area contributed by atoms with Crippen molar-refractivity contribution in [2.75, 3.05) is 25.5 Å². The Morgan fingerprint density at radius 2 is 2.22 bits per heavy atom. The van der Waals surface area contributed by atoms with Crippen molar-refractivity contribution in [1.82, 2.24) is 30.0 Å². The van der Waals surface area contributed by atoms with Gasteiger partial charge in [-0.15, -0.1) is 0 Å². The van der Waals surface area contributed by atoms with Crippen molar-refractivity contribution in [3.05, 3.63) is 36.2 Å². The Balaban J connectivity index is 1.41. The predicted molar refractivity (Wildman–Crippen MR) is 118 cm³/mol. The van der Waals surface area contributed by atoms with Gasteiger partial charge in [0.25, 0.3) is 0 Å². The highest BCUT2D eigenvalue weighted by Gasteiger charge is 2.30. The summed E-state index contributed by atoms with van der Waals surface area (Å²) in [7, 11) is 1.93. The van der Waals surface area contributed by atoms with Gasteiger partial charge in [-0.1, -0.05) is 23.9 Å². The fourth-order valence-electron chi connectivity index (χ4n) is 4.05. The second-order valence-corrected chi connectivity index (χ2v) is 8.50. The number of carbonyl (C=O) groups is 1. The van der Waals surface area contributed by atoms with Crippen LogP contribution < -0.4 is 10.6 Å². The predicted octanol–water partition coefficient (Wildman–Crippen LogP) is 2.51. The molecule has 3 aromatic heterocycles. The maximum atomic E-state index is 14.6. The van der Waals surface area contributed by atoms with Crippen molar-refractivity contribution >= 4 is 23.3 Å². The molecule has 0 radical (unpaired) electrons. The van der Waals surface area contributed by atoms with Gasteiger partial charge in [-0.25, -0.2) is 8.91 Å². The molecule has 5 rings (SSSR count). The molecule has 2 aliphatic rings. The van der Waals surface area contributed by atoms with Crippen molar-refractivity contribution in [1.29, 1.82) is 0 Å². The lowest BCUT2D eigenvalue weighted by atomic mass is 10.0. The van der Waals surface area contributed by atoms with Crippen molar-refractivity contribution < 1.29 is 13.7 Å². The molecule has 4 heterocycles. The van der Waals surface area contributed by atoms with Crippen LogP contribution in [0.1, 0.15) is 30.7 Å². The highest BCUT2D eigenvalue weighted by Crippen LogP contribution is 2.30. The van der Waals surface area contributed by atoms with E-state index in [4.69, 9.17) is 4.52 Å². The lowest BCUT2D eigenvalue weighted by Crippen LogP contribution is -2.46. The number of likely N-dealkylation sites (tertiary alicyclic amines) is 1. The SMILES string of the molecule is C=Cc1c(-c2noc(CNC(=O)C3CC3)n2)nn2c(N[C@@H]3CCN(C)C[C@@H]3F)cccc12. The molecule has 1 saturated carbocycles. The number of piperidine rings is 1. The first-order valence-electron chi connectivity index (χ1n) is 10.9. The molecule has 9 nitrogen and oxygen atoms in total. The van der Waals surface area contributed by atoms with Gasteiger partial charge >= 0.3 is 0 Å². The number of anilines is 1. The number of rotatable bonds is 7. The third-order valence-corrected chi connectivity index (χ3v) is 6.02. The molecule has 0 bridgehead atoms. The summed E-state index contributed by atoms with van der Waals surface area (Å²) in [6, 6.07) is 5.39. The second-order valence-electron chi connectivity index (χ2n) is 8.50. The minimum atomic E-state index is -0.969. The molecule has 1 aliphatic heterocycles. The van der Waals surface area contributed by atoms with Crippen LogP contribution in [0, 0.1) is 5.92 Å². The molecule has 2 fully saturated rings. The van der Waals surface area contributed by atoms with E-state index >= 15 is 0 Å². The Kier molecular flexibility index (Phi) is 5.38. The largest absolute Gasteiger partial charge is 0.364 e. The number of amides is 1. The van der Waals surface area contributed by atoms with E-state index in [9.17, 15) is 9.18 Å². The summed E-state index contributed by atoms with van der Waals surface area (Å²) in [6.07, 6.45) is 3.30. The molecule has 3 aromatic rings. The minimum absolute atomic E-state index is 0.0139. The topological polar surface area (TPSA) is 101 Å². The van der Waals surface area contributed by atoms with E-state index in [1.54, 1.807) is 10.6 Å². The number of halogens is 1. The van der Waals surface area contributed by atoms with Gasteiger partial charge in [0.1, 0.15) is 17.7 Å². The zero-order chi connectivity index (χ0) is 22.2. The van der Waals surface area contributed by atoms with Gasteiger partial charge in [0.2, 0.25) is 17.6 Å². The van der Waals surface area contributed by atoms with E-state index in [0.29, 0.717) is 36.2 Å². The van der Waals surface area contributed by atoms with Crippen molar-refractivity contribution in [2.24, 2.45) is 5.92 Å². The van der Waals surface area contributed by atoms with E-state index in [2.05, 4.69) is 32.5 Å². The normalized spacial score (nSPS) is 21.6. The van der Waals surface area contributed by atoms with Crippen LogP contribution in [-0.4, -0.2) is 62.9 Å². The van der Waals surface area contributed by atoms with Crippen molar-refractivity contribution in [3.8, 4) is 11.5 Å². The van der Waals surface area contributed by atoms with Gasteiger partial charge in [0, 0.05) is 24.6 Å². The van der Waals surface area contributed by atoms with Crippen LogP contribution in [0.15, 0.2) is 29.3 Å². The standard InChI is InChI=1S/C22H26FN7O2/c1-3-14-17-5-4-6-18(25-16-9-10-29(2)12-15(16)23)30(17)27-20(14)21-26-19(32-28-21)11-24-22(31)13-7-8-13/h3-6,13,15-16,25H,1,7-12H2,2H3,(H,24,31)/t15-,16+/m0/s1. The molecule has 1 amide bonds. The van der Waals surface area contributed by atoms with E-state index < -0.39 is 6.17 Å². The maximum Gasteiger partial charge on any atom is 0.246 e. The summed E-state index contributed by atoms with van der Waals surface area (Å²) >= 11 is 0. The molecule has 0 spiro atoms. The summed E-state index contributed by atoms with van der Waals surface area (Å²) in [5.74, 6) is 1.44. The Morgan fingerprint density at radius 1 is 1.38 bits per heavy atom. The van der Waals surface area contributed by atoms with Gasteiger partial charge in [0.05, 0.1) is 18.1 Å². The number of alkyl halides is 1. The summed E-state index contributed by atoms with van der Waals surface area (Å²) in [6.45, 7) is 5.33. The van der Waals surface area contributed by atoms with Crippen LogP contribution in [0.3, 0.4) is 0 Å². The van der Waals surface area contributed by atoms with E-state index in [0.717, 1.165) is 30.5 Å². The molecule has 2 N–H and O–H groups in total. The lowest BCUT2D eigenvalue weighted by molar-refractivity contribution is -0.122. The van der Waals surface area contributed by atoms with E-state index in [1.807, 2.05) is 30.1 Å². The Hall–Kier alpha value is -3.27. The number of pyridine rings is 1. The van der Waals surface area contributed by atoms with Crippen LogP contribution in [-0.2, 0) is 11.3 Å². The molecule has 168 valence electrons. The van der Waals surface area contributed by atoms with Gasteiger partial charge in [-0.3, -0.25) is 4.79 Å². The lowest BCUT2D eigenvalue weighted by Gasteiger charge is -2.33. The fourth-order valence-corrected chi connectivity index (χ4v) is 4.05. The maximum absolute atomic E-state index is 14.6. The van der Waals surface area contributed by atoms with Crippen LogP contribution in [0.4, 0.5) is 10.2 Å². The average Bonchev–Trinajstić information content (AvgIpc) is 3.41. The molecule has 0 unspecified atom stereocenters. The minimum Gasteiger partial charge on any atom is -0.364 e. The molecular weight excluding hydrogens is 413 g/mol. The number of nitrogens with one attached hydrogen (secondary N) is 2. The number of carbonyl (C=O) groups excluding carboxylic acids is 1. The van der Waals surface area contributed by atoms with Gasteiger partial charge in [-0.05, 0) is 38.4 Å². The number of hydrogen-bond donors (Lipinski definition) is 2. The van der Waals surface area contributed by atoms with Gasteiger partial charge < -0.3 is 20.1 Å². The van der Waals surface area contributed by atoms with Crippen molar-refractivity contribution in [3.63, 3.8) is 0 Å². The number of hydrogen-bond acceptors (Lipinski definition) is 7. The summed E-state index contributed by atoms with van der Waals surface area (Å²) in [5.41, 5.74) is 2.07. The molecule has 0 aromatic carbocycles. The van der Waals surface area contributed by atoms with Gasteiger partial charge in [0.15, 0.2) is 0 Å². The quantitative estimate of drug-likeness (QED) is 0.583. The molecule has 10 heteroatoms. The molecule has 2 atom stereocenters. The number of fused-ring (bicyclic) bond motifs is 1. The highest BCUT2D eigenvalue weighted by atomic mass is 19.1. The monoisotopic (exact) mass is 439 g/mol. The molecule has 32 heavy (non-hydrogen) atoms. The number of nitrogens with zero attached hydrogens (tertiary/aromatic N) is 5. The summed E-state index contributed by atoms with van der Waals surface area (Å²) in [4.78, 5) is 18.2. The van der Waals surface area contributed by atoms with Crippen LogP contribution in [0.25, 0.3) is 23.1 Å². The number of aromatic nitrogens is 4. The molecule has 1 saturated heterocycles. The third kappa shape index (κ3) is 3.97. The zero-order valence-corrected chi connectivity index (χ0v) is 17.9. The first-order chi connectivity index (χ1) is 15.5. The van der Waals surface area contributed by atoms with Gasteiger partial charge in [-0.2, -0.15) is 10.1 Å². The zero-order valence-electron chi connectivity index (χ0n) is 17.9. The second kappa shape index (κ2) is 8.34. The average molecular weight is 439 g/mol. The first-order valence-corrected chi connectivity index (χ1v) is 10.9. The summed E-state index contributed by atoms with van der Waals surface area (Å²) < 4.78 is 21.6. The van der Waals surface area contributed by atoms with E-state index in [1.165, 1.54) is 0 Å². The van der Waals surface area contributed by atoms with Crippen LogP contribution >= 0.6 is 0 Å². The Labute approximate surface area is 184 Å². The van der Waals surface area contributed by atoms with E-state index in [-0.39, 0.29) is 24.4 Å². The van der Waals surface area contributed by atoms with Crippen LogP contribution in [0.5, 0.6) is 0 Å². The summed E-state index contributed by atoms with van der Waals surface area (Å²) in [5, 5.41) is 14.9. The molecule has 1 aliphatic carbocycles.